The lowest BCUT2D eigenvalue weighted by Crippen LogP contribution is -2.09. The molecule has 42 heavy (non-hydrogen) atoms. The summed E-state index contributed by atoms with van der Waals surface area (Å²) in [6.07, 6.45) is -7.13. The number of halogens is 6. The average Bonchev–Trinajstić information content (AvgIpc) is 3.65. The number of benzene rings is 3. The summed E-state index contributed by atoms with van der Waals surface area (Å²) >= 11 is 0. The van der Waals surface area contributed by atoms with Gasteiger partial charge in [-0.1, -0.05) is 18.2 Å². The average molecular weight is 595 g/mol. The predicted octanol–water partition coefficient (Wildman–Crippen LogP) is 7.50. The summed E-state index contributed by atoms with van der Waals surface area (Å²) in [4.78, 5) is 11.5. The number of fused-ring (bicyclic) bond motifs is 3. The molecule has 1 N–H and O–H groups in total. The Kier molecular flexibility index (Phi) is 8.15. The van der Waals surface area contributed by atoms with Crippen LogP contribution in [0.1, 0.15) is 76.3 Å². The van der Waals surface area contributed by atoms with Crippen molar-refractivity contribution in [1.82, 2.24) is 0 Å². The largest absolute Gasteiger partial charge is 0.492 e. The first-order chi connectivity index (χ1) is 19.8. The van der Waals surface area contributed by atoms with Gasteiger partial charge in [0.05, 0.1) is 37.4 Å². The summed E-state index contributed by atoms with van der Waals surface area (Å²) in [5.74, 6) is 0.796. The van der Waals surface area contributed by atoms with E-state index in [1.165, 1.54) is 25.3 Å². The van der Waals surface area contributed by atoms with Crippen LogP contribution in [0, 0.1) is 0 Å². The van der Waals surface area contributed by atoms with Crippen molar-refractivity contribution in [2.45, 2.75) is 62.6 Å². The Morgan fingerprint density at radius 2 is 1.48 bits per heavy atom. The van der Waals surface area contributed by atoms with Crippen LogP contribution in [0.4, 0.5) is 26.3 Å². The van der Waals surface area contributed by atoms with E-state index in [0.29, 0.717) is 54.9 Å². The third-order valence-electron chi connectivity index (χ3n) is 7.80. The van der Waals surface area contributed by atoms with Crippen molar-refractivity contribution in [3.63, 3.8) is 0 Å². The Balaban J connectivity index is 0.000000211. The zero-order chi connectivity index (χ0) is 30.2. The Hall–Kier alpha value is -3.73. The van der Waals surface area contributed by atoms with Crippen LogP contribution in [0.5, 0.6) is 11.5 Å². The number of methoxy groups -OCH3 is 1. The highest BCUT2D eigenvalue weighted by Crippen LogP contribution is 2.42. The van der Waals surface area contributed by atoms with Gasteiger partial charge in [0, 0.05) is 17.5 Å². The topological polar surface area (TPSA) is 65.0 Å². The molecule has 224 valence electrons. The summed E-state index contributed by atoms with van der Waals surface area (Å²) < 4.78 is 92.3. The van der Waals surface area contributed by atoms with Crippen molar-refractivity contribution < 1.29 is 50.5 Å². The molecule has 6 rings (SSSR count). The Morgan fingerprint density at radius 1 is 0.857 bits per heavy atom. The maximum Gasteiger partial charge on any atom is 0.416 e. The van der Waals surface area contributed by atoms with Gasteiger partial charge in [-0.3, -0.25) is 4.79 Å². The highest BCUT2D eigenvalue weighted by Gasteiger charge is 2.35. The van der Waals surface area contributed by atoms with Gasteiger partial charge in [0.25, 0.3) is 0 Å². The molecule has 0 bridgehead atoms. The van der Waals surface area contributed by atoms with Crippen LogP contribution < -0.4 is 9.47 Å². The monoisotopic (exact) mass is 594 g/mol. The van der Waals surface area contributed by atoms with Crippen molar-refractivity contribution in [3.05, 3.63) is 93.5 Å². The zero-order valence-corrected chi connectivity index (χ0v) is 22.5. The molecule has 0 amide bonds. The molecule has 0 radical (unpaired) electrons. The summed E-state index contributed by atoms with van der Waals surface area (Å²) in [6, 6.07) is 12.7. The van der Waals surface area contributed by atoms with E-state index in [2.05, 4.69) is 0 Å². The Morgan fingerprint density at radius 3 is 2.12 bits per heavy atom. The van der Waals surface area contributed by atoms with Crippen LogP contribution in [0.15, 0.2) is 54.6 Å². The fourth-order valence-electron chi connectivity index (χ4n) is 5.57. The maximum atomic E-state index is 13.0. The summed E-state index contributed by atoms with van der Waals surface area (Å²) in [5.41, 5.74) is 2.28. The Bertz CT molecular complexity index is 1470. The number of aliphatic hydroxyl groups is 1. The van der Waals surface area contributed by atoms with Crippen molar-refractivity contribution >= 4 is 5.97 Å². The highest BCUT2D eigenvalue weighted by atomic mass is 19.4. The van der Waals surface area contributed by atoms with E-state index < -0.39 is 35.7 Å². The second-order valence-corrected chi connectivity index (χ2v) is 10.5. The Labute approximate surface area is 238 Å². The molecule has 5 nitrogen and oxygen atoms in total. The lowest BCUT2D eigenvalue weighted by molar-refractivity contribution is -0.141. The smallest absolute Gasteiger partial charge is 0.416 e. The van der Waals surface area contributed by atoms with E-state index in [-0.39, 0.29) is 18.3 Å². The van der Waals surface area contributed by atoms with Gasteiger partial charge in [-0.2, -0.15) is 26.3 Å². The minimum atomic E-state index is -4.38. The quantitative estimate of drug-likeness (QED) is 0.251. The zero-order valence-electron chi connectivity index (χ0n) is 22.5. The summed E-state index contributed by atoms with van der Waals surface area (Å²) in [6.45, 7) is 0.384. The van der Waals surface area contributed by atoms with Crippen molar-refractivity contribution in [2.75, 3.05) is 13.7 Å². The number of alkyl halides is 6. The molecule has 3 aromatic rings. The lowest BCUT2D eigenvalue weighted by atomic mass is 9.98. The second kappa shape index (κ2) is 11.5. The summed E-state index contributed by atoms with van der Waals surface area (Å²) in [7, 11) is 1.35. The number of ether oxygens (including phenoxy) is 3. The molecule has 3 aromatic carbocycles. The number of aryl methyl sites for hydroxylation is 2. The van der Waals surface area contributed by atoms with Gasteiger partial charge in [-0.25, -0.2) is 0 Å². The van der Waals surface area contributed by atoms with Gasteiger partial charge in [0.2, 0.25) is 0 Å². The van der Waals surface area contributed by atoms with Gasteiger partial charge in [0.1, 0.15) is 17.6 Å². The number of rotatable bonds is 4. The van der Waals surface area contributed by atoms with Crippen LogP contribution in [0.3, 0.4) is 0 Å². The second-order valence-electron chi connectivity index (χ2n) is 10.5. The molecule has 11 heteroatoms. The third kappa shape index (κ3) is 6.35. The van der Waals surface area contributed by atoms with Crippen LogP contribution >= 0.6 is 0 Å². The van der Waals surface area contributed by atoms with E-state index in [9.17, 15) is 36.2 Å². The molecule has 1 heterocycles. The van der Waals surface area contributed by atoms with E-state index in [1.807, 2.05) is 6.07 Å². The number of carbonyl (C=O) groups is 1. The highest BCUT2D eigenvalue weighted by molar-refractivity contribution is 5.71. The summed E-state index contributed by atoms with van der Waals surface area (Å²) in [5, 5.41) is 9.40. The van der Waals surface area contributed by atoms with E-state index in [4.69, 9.17) is 14.2 Å². The number of hydrogen-bond donors (Lipinski definition) is 1. The molecule has 2 aliphatic carbocycles. The number of esters is 1. The van der Waals surface area contributed by atoms with Gasteiger partial charge in [-0.05, 0) is 78.3 Å². The van der Waals surface area contributed by atoms with E-state index >= 15 is 0 Å². The predicted molar refractivity (Wildman–Crippen MR) is 139 cm³/mol. The minimum Gasteiger partial charge on any atom is -0.492 e. The molecule has 0 aromatic heterocycles. The third-order valence-corrected chi connectivity index (χ3v) is 7.80. The lowest BCUT2D eigenvalue weighted by Gasteiger charge is -2.17. The van der Waals surface area contributed by atoms with E-state index in [0.717, 1.165) is 34.9 Å². The standard InChI is InChI=1S/C21H19F3O4.C10H9F3O/c1-26-20(25)8-13-11-27-19-10-15(5-6-16(13)19)28-18-7-3-12-2-4-14(9-17(12)18)21(22,23)24;11-10(12,13)7-3-1-6-2-4-9(14)8(6)5-7/h2,4-6,9-10,13,18H,3,7-8,11H2,1H3;1,3,5,9,14H,2,4H2/t13-,18+;9-/m11/s1. The van der Waals surface area contributed by atoms with Crippen LogP contribution in [-0.2, 0) is 34.7 Å². The minimum absolute atomic E-state index is 0.0712. The van der Waals surface area contributed by atoms with Gasteiger partial charge in [-0.15, -0.1) is 0 Å². The SMILES string of the molecule is COC(=O)C[C@@H]1COc2cc(O[C@H]3CCc4ccc(C(F)(F)F)cc43)ccc21.O[C@@H]1CCc2ccc(C(F)(F)F)cc21. The number of carbonyl (C=O) groups excluding carboxylic acids is 1. The molecule has 1 aliphatic heterocycles. The van der Waals surface area contributed by atoms with Gasteiger partial charge < -0.3 is 19.3 Å². The van der Waals surface area contributed by atoms with Crippen LogP contribution in [0.2, 0.25) is 0 Å². The van der Waals surface area contributed by atoms with Gasteiger partial charge >= 0.3 is 18.3 Å². The first kappa shape index (κ1) is 29.8. The molecule has 0 fully saturated rings. The van der Waals surface area contributed by atoms with Crippen molar-refractivity contribution in [1.29, 1.82) is 0 Å². The van der Waals surface area contributed by atoms with E-state index in [1.54, 1.807) is 12.1 Å². The van der Waals surface area contributed by atoms with Crippen LogP contribution in [-0.4, -0.2) is 24.8 Å². The first-order valence-electron chi connectivity index (χ1n) is 13.4. The molecule has 3 atom stereocenters. The molecule has 0 saturated heterocycles. The fraction of sp³-hybridized carbons (Fsp3) is 0.387. The number of aliphatic hydroxyl groups excluding tert-OH is 1. The molecule has 0 saturated carbocycles. The molecule has 0 spiro atoms. The van der Waals surface area contributed by atoms with Crippen molar-refractivity contribution in [3.8, 4) is 11.5 Å². The first-order valence-corrected chi connectivity index (χ1v) is 13.4. The molecule has 0 unspecified atom stereocenters. The molecule has 3 aliphatic rings. The fourth-order valence-corrected chi connectivity index (χ4v) is 5.57. The van der Waals surface area contributed by atoms with Gasteiger partial charge in [0.15, 0.2) is 0 Å². The maximum absolute atomic E-state index is 13.0. The number of hydrogen-bond acceptors (Lipinski definition) is 5. The van der Waals surface area contributed by atoms with Crippen molar-refractivity contribution in [2.24, 2.45) is 0 Å². The normalized spacial score (nSPS) is 20.5. The van der Waals surface area contributed by atoms with Crippen LogP contribution in [0.25, 0.3) is 0 Å². The molecular formula is C31H28F6O5. The molecular weight excluding hydrogens is 566 g/mol.